The summed E-state index contributed by atoms with van der Waals surface area (Å²) in [6.07, 6.45) is 7.38. The van der Waals surface area contributed by atoms with Crippen molar-refractivity contribution in [2.75, 3.05) is 0 Å². The molecule has 19 heavy (non-hydrogen) atoms. The van der Waals surface area contributed by atoms with E-state index < -0.39 is 0 Å². The Bertz CT molecular complexity index is 676. The Labute approximate surface area is 112 Å². The van der Waals surface area contributed by atoms with E-state index in [0.29, 0.717) is 0 Å². The molecule has 0 spiro atoms. The van der Waals surface area contributed by atoms with Crippen LogP contribution in [0.5, 0.6) is 0 Å². The highest BCUT2D eigenvalue weighted by molar-refractivity contribution is 5.83. The minimum atomic E-state index is 1.13. The zero-order chi connectivity index (χ0) is 13.1. The lowest BCUT2D eigenvalue weighted by atomic mass is 9.95. The van der Waals surface area contributed by atoms with Crippen LogP contribution >= 0.6 is 0 Å². The van der Waals surface area contributed by atoms with Gasteiger partial charge in [-0.2, -0.15) is 0 Å². The highest BCUT2D eigenvalue weighted by atomic mass is 14.6. The molecule has 0 aliphatic rings. The molecular formula is C17H14N2. The van der Waals surface area contributed by atoms with Crippen LogP contribution in [0.25, 0.3) is 22.3 Å². The second kappa shape index (κ2) is 5.02. The van der Waals surface area contributed by atoms with E-state index in [1.165, 1.54) is 16.7 Å². The van der Waals surface area contributed by atoms with E-state index in [4.69, 9.17) is 0 Å². The zero-order valence-electron chi connectivity index (χ0n) is 10.7. The molecule has 0 aliphatic carbocycles. The maximum Gasteiger partial charge on any atom is 0.0346 e. The van der Waals surface area contributed by atoms with Gasteiger partial charge in [-0.1, -0.05) is 35.9 Å². The van der Waals surface area contributed by atoms with Crippen molar-refractivity contribution in [1.29, 1.82) is 0 Å². The number of nitrogens with zero attached hydrogens (tertiary/aromatic N) is 2. The largest absolute Gasteiger partial charge is 0.264 e. The van der Waals surface area contributed by atoms with Crippen molar-refractivity contribution in [2.45, 2.75) is 6.92 Å². The second-order valence-electron chi connectivity index (χ2n) is 4.53. The molecule has 0 saturated carbocycles. The van der Waals surface area contributed by atoms with Crippen LogP contribution in [0.2, 0.25) is 0 Å². The van der Waals surface area contributed by atoms with Crippen LogP contribution in [-0.4, -0.2) is 9.97 Å². The van der Waals surface area contributed by atoms with Gasteiger partial charge in [0.25, 0.3) is 0 Å². The second-order valence-corrected chi connectivity index (χ2v) is 4.53. The molecule has 0 amide bonds. The Kier molecular flexibility index (Phi) is 3.07. The summed E-state index contributed by atoms with van der Waals surface area (Å²) in [5.41, 5.74) is 5.88. The van der Waals surface area contributed by atoms with Crippen molar-refractivity contribution in [3.05, 3.63) is 72.8 Å². The fourth-order valence-electron chi connectivity index (χ4n) is 2.19. The number of hydrogen-bond acceptors (Lipinski definition) is 2. The first-order valence-electron chi connectivity index (χ1n) is 6.26. The number of pyridine rings is 2. The van der Waals surface area contributed by atoms with Gasteiger partial charge < -0.3 is 0 Å². The van der Waals surface area contributed by atoms with E-state index in [2.05, 4.69) is 47.2 Å². The molecule has 2 heterocycles. The van der Waals surface area contributed by atoms with Gasteiger partial charge in [-0.15, -0.1) is 0 Å². The maximum atomic E-state index is 4.21. The Balaban J connectivity index is 2.21. The molecule has 0 atom stereocenters. The van der Waals surface area contributed by atoms with E-state index in [0.717, 1.165) is 11.1 Å². The summed E-state index contributed by atoms with van der Waals surface area (Å²) in [6.45, 7) is 2.10. The first-order valence-corrected chi connectivity index (χ1v) is 6.26. The third kappa shape index (κ3) is 2.38. The van der Waals surface area contributed by atoms with Gasteiger partial charge in [0.15, 0.2) is 0 Å². The highest BCUT2D eigenvalue weighted by Gasteiger charge is 2.07. The molecule has 0 N–H and O–H groups in total. The van der Waals surface area contributed by atoms with Gasteiger partial charge in [0.1, 0.15) is 0 Å². The van der Waals surface area contributed by atoms with Crippen LogP contribution in [0.4, 0.5) is 0 Å². The number of aryl methyl sites for hydroxylation is 1. The fraction of sp³-hybridized carbons (Fsp3) is 0.0588. The van der Waals surface area contributed by atoms with Crippen molar-refractivity contribution < 1.29 is 0 Å². The minimum absolute atomic E-state index is 1.13. The number of aromatic nitrogens is 2. The molecule has 2 aromatic heterocycles. The summed E-state index contributed by atoms with van der Waals surface area (Å²) in [4.78, 5) is 8.41. The van der Waals surface area contributed by atoms with Gasteiger partial charge in [0.05, 0.1) is 0 Å². The van der Waals surface area contributed by atoms with Crippen molar-refractivity contribution in [1.82, 2.24) is 9.97 Å². The van der Waals surface area contributed by atoms with Crippen molar-refractivity contribution in [3.63, 3.8) is 0 Å². The number of benzene rings is 1. The lowest BCUT2D eigenvalue weighted by Crippen LogP contribution is -1.88. The van der Waals surface area contributed by atoms with Crippen LogP contribution in [0.1, 0.15) is 5.56 Å². The maximum absolute atomic E-state index is 4.21. The molecule has 0 bridgehead atoms. The van der Waals surface area contributed by atoms with Gasteiger partial charge in [-0.05, 0) is 30.2 Å². The van der Waals surface area contributed by atoms with Crippen LogP contribution in [0.15, 0.2) is 67.3 Å². The fourth-order valence-corrected chi connectivity index (χ4v) is 2.19. The third-order valence-electron chi connectivity index (χ3n) is 3.12. The van der Waals surface area contributed by atoms with Crippen molar-refractivity contribution in [3.8, 4) is 22.3 Å². The van der Waals surface area contributed by atoms with Gasteiger partial charge in [0.2, 0.25) is 0 Å². The highest BCUT2D eigenvalue weighted by Crippen LogP contribution is 2.31. The third-order valence-corrected chi connectivity index (χ3v) is 3.12. The molecule has 3 rings (SSSR count). The predicted octanol–water partition coefficient (Wildman–Crippen LogP) is 4.12. The monoisotopic (exact) mass is 246 g/mol. The van der Waals surface area contributed by atoms with Crippen LogP contribution in [0.3, 0.4) is 0 Å². The van der Waals surface area contributed by atoms with E-state index in [1.54, 1.807) is 12.4 Å². The van der Waals surface area contributed by atoms with E-state index >= 15 is 0 Å². The first kappa shape index (κ1) is 11.6. The van der Waals surface area contributed by atoms with Crippen LogP contribution in [-0.2, 0) is 0 Å². The van der Waals surface area contributed by atoms with Crippen LogP contribution in [0, 0.1) is 6.92 Å². The van der Waals surface area contributed by atoms with Crippen LogP contribution < -0.4 is 0 Å². The molecule has 0 fully saturated rings. The molecule has 0 radical (unpaired) electrons. The van der Waals surface area contributed by atoms with Gasteiger partial charge in [-0.25, -0.2) is 0 Å². The molecular weight excluding hydrogens is 232 g/mol. The minimum Gasteiger partial charge on any atom is -0.264 e. The zero-order valence-corrected chi connectivity index (χ0v) is 10.7. The Hall–Kier alpha value is -2.48. The average Bonchev–Trinajstić information content (AvgIpc) is 2.49. The number of rotatable bonds is 2. The van der Waals surface area contributed by atoms with E-state index in [-0.39, 0.29) is 0 Å². The van der Waals surface area contributed by atoms with Crippen molar-refractivity contribution >= 4 is 0 Å². The summed E-state index contributed by atoms with van der Waals surface area (Å²) in [7, 11) is 0. The Morgan fingerprint density at radius 2 is 1.37 bits per heavy atom. The van der Waals surface area contributed by atoms with Gasteiger partial charge in [0, 0.05) is 35.9 Å². The average molecular weight is 246 g/mol. The molecule has 2 heteroatoms. The normalized spacial score (nSPS) is 10.4. The molecule has 3 aromatic rings. The predicted molar refractivity (Wildman–Crippen MR) is 77.6 cm³/mol. The standard InChI is InChI=1S/C17H14N2/c1-13-6-7-16(14-4-2-8-18-11-14)17(10-13)15-5-3-9-19-12-15/h2-12H,1H3. The summed E-state index contributed by atoms with van der Waals surface area (Å²) in [5, 5.41) is 0. The van der Waals surface area contributed by atoms with Gasteiger partial charge >= 0.3 is 0 Å². The first-order chi connectivity index (χ1) is 9.34. The lowest BCUT2D eigenvalue weighted by molar-refractivity contribution is 1.31. The van der Waals surface area contributed by atoms with E-state index in [9.17, 15) is 0 Å². The smallest absolute Gasteiger partial charge is 0.0346 e. The molecule has 92 valence electrons. The van der Waals surface area contributed by atoms with Crippen molar-refractivity contribution in [2.24, 2.45) is 0 Å². The SMILES string of the molecule is Cc1ccc(-c2cccnc2)c(-c2cccnc2)c1. The molecule has 2 nitrogen and oxygen atoms in total. The Morgan fingerprint density at radius 3 is 1.95 bits per heavy atom. The Morgan fingerprint density at radius 1 is 0.737 bits per heavy atom. The molecule has 0 saturated heterocycles. The van der Waals surface area contributed by atoms with Gasteiger partial charge in [-0.3, -0.25) is 9.97 Å². The van der Waals surface area contributed by atoms with E-state index in [1.807, 2.05) is 24.5 Å². The lowest BCUT2D eigenvalue weighted by Gasteiger charge is -2.10. The topological polar surface area (TPSA) is 25.8 Å². The quantitative estimate of drug-likeness (QED) is 0.679. The summed E-state index contributed by atoms with van der Waals surface area (Å²) < 4.78 is 0. The summed E-state index contributed by atoms with van der Waals surface area (Å²) in [6, 6.07) is 14.6. The molecule has 0 aliphatic heterocycles. The number of hydrogen-bond donors (Lipinski definition) is 0. The summed E-state index contributed by atoms with van der Waals surface area (Å²) >= 11 is 0. The molecule has 1 aromatic carbocycles. The summed E-state index contributed by atoms with van der Waals surface area (Å²) in [5.74, 6) is 0. The molecule has 0 unspecified atom stereocenters.